The Hall–Kier alpha value is -2.24. The van der Waals surface area contributed by atoms with E-state index in [0.717, 1.165) is 18.8 Å². The zero-order valence-electron chi connectivity index (χ0n) is 11.1. The Balaban J connectivity index is 1.74. The molecule has 0 aromatic carbocycles. The van der Waals surface area contributed by atoms with Crippen LogP contribution in [0, 0.1) is 5.41 Å². The number of piperidine rings is 1. The molecule has 5 nitrogen and oxygen atoms in total. The lowest BCUT2D eigenvalue weighted by molar-refractivity contribution is 0.277. The highest BCUT2D eigenvalue weighted by Crippen LogP contribution is 2.21. The first-order valence-corrected chi connectivity index (χ1v) is 6.62. The van der Waals surface area contributed by atoms with Crippen LogP contribution in [-0.4, -0.2) is 35.9 Å². The van der Waals surface area contributed by atoms with Crippen molar-refractivity contribution in [2.24, 2.45) is 4.99 Å². The quantitative estimate of drug-likeness (QED) is 0.864. The van der Waals surface area contributed by atoms with Gasteiger partial charge in [0.2, 0.25) is 0 Å². The predicted octanol–water partition coefficient (Wildman–Crippen LogP) is 1.86. The summed E-state index contributed by atoms with van der Waals surface area (Å²) in [5.74, 6) is 0.755. The maximum absolute atomic E-state index is 13.1. The van der Waals surface area contributed by atoms with Gasteiger partial charge >= 0.3 is 0 Å². The van der Waals surface area contributed by atoms with Crippen molar-refractivity contribution < 1.29 is 4.39 Å². The van der Waals surface area contributed by atoms with E-state index in [1.165, 1.54) is 0 Å². The van der Waals surface area contributed by atoms with Gasteiger partial charge in [0.05, 0.1) is 11.9 Å². The lowest BCUT2D eigenvalue weighted by Gasteiger charge is -2.30. The van der Waals surface area contributed by atoms with E-state index in [1.807, 2.05) is 12.1 Å². The molecular formula is C14H16FN5. The number of aliphatic imine (C=N–C) groups is 1. The van der Waals surface area contributed by atoms with E-state index in [1.54, 1.807) is 6.20 Å². The summed E-state index contributed by atoms with van der Waals surface area (Å²) >= 11 is 0. The second kappa shape index (κ2) is 5.03. The van der Waals surface area contributed by atoms with Crippen molar-refractivity contribution in [1.29, 1.82) is 5.41 Å². The number of alkyl halides is 1. The van der Waals surface area contributed by atoms with Crippen molar-refractivity contribution in [2.45, 2.75) is 19.0 Å². The molecule has 0 bridgehead atoms. The highest BCUT2D eigenvalue weighted by Gasteiger charge is 2.20. The molecule has 20 heavy (non-hydrogen) atoms. The molecule has 1 aromatic heterocycles. The van der Waals surface area contributed by atoms with Crippen LogP contribution in [-0.2, 0) is 0 Å². The zero-order chi connectivity index (χ0) is 14.1. The highest BCUT2D eigenvalue weighted by atomic mass is 19.1. The van der Waals surface area contributed by atoms with Gasteiger partial charge in [0.25, 0.3) is 0 Å². The smallest absolute Gasteiger partial charge is 0.158 e. The van der Waals surface area contributed by atoms with Crippen molar-refractivity contribution in [2.75, 3.05) is 18.0 Å². The van der Waals surface area contributed by atoms with Gasteiger partial charge in [-0.05, 0) is 25.0 Å². The molecule has 0 atom stereocenters. The Morgan fingerprint density at radius 1 is 1.35 bits per heavy atom. The van der Waals surface area contributed by atoms with E-state index in [0.29, 0.717) is 30.1 Å². The number of nitrogens with zero attached hydrogens (tertiary/aromatic N) is 3. The van der Waals surface area contributed by atoms with Crippen LogP contribution in [0.4, 0.5) is 10.1 Å². The summed E-state index contributed by atoms with van der Waals surface area (Å²) in [6.07, 6.45) is 2.25. The first-order chi connectivity index (χ1) is 9.63. The van der Waals surface area contributed by atoms with Crippen LogP contribution in [0.25, 0.3) is 0 Å². The largest absolute Gasteiger partial charge is 0.370 e. The van der Waals surface area contributed by atoms with Crippen LogP contribution in [0.15, 0.2) is 35.6 Å². The average Bonchev–Trinajstić information content (AvgIpc) is 2.80. The van der Waals surface area contributed by atoms with E-state index in [-0.39, 0.29) is 5.84 Å². The molecule has 2 N–H and O–H groups in total. The van der Waals surface area contributed by atoms with Crippen molar-refractivity contribution in [3.05, 3.63) is 36.3 Å². The monoisotopic (exact) mass is 273 g/mol. The molecule has 3 rings (SSSR count). The number of amidine groups is 2. The summed E-state index contributed by atoms with van der Waals surface area (Å²) in [4.78, 5) is 10.6. The van der Waals surface area contributed by atoms with Gasteiger partial charge in [-0.25, -0.2) is 9.38 Å². The normalized spacial score (nSPS) is 20.1. The fourth-order valence-corrected chi connectivity index (χ4v) is 2.35. The fourth-order valence-electron chi connectivity index (χ4n) is 2.35. The lowest BCUT2D eigenvalue weighted by Crippen LogP contribution is -2.34. The summed E-state index contributed by atoms with van der Waals surface area (Å²) in [7, 11) is 0. The van der Waals surface area contributed by atoms with Crippen LogP contribution >= 0.6 is 0 Å². The molecule has 1 aromatic rings. The number of hydrogen-bond acceptors (Lipinski definition) is 4. The predicted molar refractivity (Wildman–Crippen MR) is 77.1 cm³/mol. The van der Waals surface area contributed by atoms with Crippen molar-refractivity contribution >= 4 is 17.4 Å². The fraction of sp³-hybridized carbons (Fsp3) is 0.357. The molecular weight excluding hydrogens is 257 g/mol. The Labute approximate surface area is 116 Å². The molecule has 0 amide bonds. The highest BCUT2D eigenvalue weighted by molar-refractivity contribution is 6.18. The molecule has 6 heteroatoms. The summed E-state index contributed by atoms with van der Waals surface area (Å²) in [6.45, 7) is 5.11. The first-order valence-electron chi connectivity index (χ1n) is 6.62. The number of halogens is 1. The average molecular weight is 273 g/mol. The van der Waals surface area contributed by atoms with Crippen LogP contribution in [0.5, 0.6) is 0 Å². The number of rotatable bonds is 2. The topological polar surface area (TPSA) is 64.4 Å². The van der Waals surface area contributed by atoms with Crippen LogP contribution in [0.1, 0.15) is 18.5 Å². The van der Waals surface area contributed by atoms with Gasteiger partial charge < -0.3 is 10.2 Å². The van der Waals surface area contributed by atoms with E-state index in [9.17, 15) is 4.39 Å². The number of anilines is 1. The maximum Gasteiger partial charge on any atom is 0.158 e. The Morgan fingerprint density at radius 2 is 2.10 bits per heavy atom. The molecule has 2 aliphatic rings. The number of pyridine rings is 1. The second-order valence-corrected chi connectivity index (χ2v) is 4.97. The van der Waals surface area contributed by atoms with Gasteiger partial charge in [0, 0.05) is 13.1 Å². The SMILES string of the molecule is C=C1N=C(c2ccc(N3CCC(F)CC3)cn2)NC1=N. The third-order valence-corrected chi connectivity index (χ3v) is 3.56. The molecule has 1 saturated heterocycles. The standard InChI is InChI=1S/C14H16FN5/c1-9-13(16)19-14(18-9)12-3-2-11(8-17-12)20-6-4-10(15)5-7-20/h2-3,8,10H,1,4-7H2,(H2,16,18,19). The lowest BCUT2D eigenvalue weighted by atomic mass is 10.1. The molecule has 0 saturated carbocycles. The van der Waals surface area contributed by atoms with Crippen molar-refractivity contribution in [3.8, 4) is 0 Å². The van der Waals surface area contributed by atoms with Gasteiger partial charge in [0.15, 0.2) is 5.84 Å². The molecule has 1 fully saturated rings. The third-order valence-electron chi connectivity index (χ3n) is 3.56. The summed E-state index contributed by atoms with van der Waals surface area (Å²) in [5, 5.41) is 10.4. The first kappa shape index (κ1) is 12.8. The molecule has 104 valence electrons. The maximum atomic E-state index is 13.1. The van der Waals surface area contributed by atoms with Crippen molar-refractivity contribution in [3.63, 3.8) is 0 Å². The molecule has 0 radical (unpaired) electrons. The van der Waals surface area contributed by atoms with Gasteiger partial charge in [-0.1, -0.05) is 6.58 Å². The number of nitrogens with one attached hydrogen (secondary N) is 2. The zero-order valence-corrected chi connectivity index (χ0v) is 11.1. The van der Waals surface area contributed by atoms with E-state index in [4.69, 9.17) is 5.41 Å². The van der Waals surface area contributed by atoms with E-state index in [2.05, 4.69) is 26.8 Å². The van der Waals surface area contributed by atoms with Crippen LogP contribution < -0.4 is 10.2 Å². The summed E-state index contributed by atoms with van der Waals surface area (Å²) in [5.41, 5.74) is 2.08. The van der Waals surface area contributed by atoms with Crippen LogP contribution in [0.3, 0.4) is 0 Å². The molecule has 0 spiro atoms. The second-order valence-electron chi connectivity index (χ2n) is 4.97. The molecule has 0 unspecified atom stereocenters. The Morgan fingerprint density at radius 3 is 2.65 bits per heavy atom. The molecule has 0 aliphatic carbocycles. The van der Waals surface area contributed by atoms with Gasteiger partial charge in [-0.2, -0.15) is 0 Å². The van der Waals surface area contributed by atoms with Crippen LogP contribution in [0.2, 0.25) is 0 Å². The minimum Gasteiger partial charge on any atom is -0.370 e. The summed E-state index contributed by atoms with van der Waals surface area (Å²) in [6, 6.07) is 3.81. The molecule has 3 heterocycles. The van der Waals surface area contributed by atoms with Gasteiger partial charge in [-0.3, -0.25) is 10.4 Å². The summed E-state index contributed by atoms with van der Waals surface area (Å²) < 4.78 is 13.1. The van der Waals surface area contributed by atoms with Crippen molar-refractivity contribution in [1.82, 2.24) is 10.3 Å². The molecule has 2 aliphatic heterocycles. The van der Waals surface area contributed by atoms with Gasteiger partial charge in [-0.15, -0.1) is 0 Å². The van der Waals surface area contributed by atoms with Gasteiger partial charge in [0.1, 0.15) is 23.4 Å². The Bertz CT molecular complexity index is 570. The minimum absolute atomic E-state index is 0.205. The number of aromatic nitrogens is 1. The minimum atomic E-state index is -0.674. The van der Waals surface area contributed by atoms with E-state index < -0.39 is 6.17 Å². The van der Waals surface area contributed by atoms with E-state index >= 15 is 0 Å². The third kappa shape index (κ3) is 2.41. The Kier molecular flexibility index (Phi) is 3.22. The number of hydrogen-bond donors (Lipinski definition) is 2.